The highest BCUT2D eigenvalue weighted by Crippen LogP contribution is 2.15. The monoisotopic (exact) mass is 296 g/mol. The predicted molar refractivity (Wildman–Crippen MR) is 78.2 cm³/mol. The minimum Gasteiger partial charge on any atom is -1.00 e. The fourth-order valence-electron chi connectivity index (χ4n) is 1.74. The van der Waals surface area contributed by atoms with Crippen molar-refractivity contribution in [2.24, 2.45) is 0 Å². The van der Waals surface area contributed by atoms with Crippen molar-refractivity contribution in [3.05, 3.63) is 46.8 Å². The third-order valence-electron chi connectivity index (χ3n) is 2.74. The smallest absolute Gasteiger partial charge is 0.128 e. The fourth-order valence-corrected chi connectivity index (χ4v) is 2.40. The number of anilines is 1. The van der Waals surface area contributed by atoms with Gasteiger partial charge in [-0.25, -0.2) is 4.98 Å². The Balaban J connectivity index is 0.00000180. The summed E-state index contributed by atoms with van der Waals surface area (Å²) in [5, 5.41) is 4.32. The average molecular weight is 297 g/mol. The molecule has 0 aliphatic carbocycles. The summed E-state index contributed by atoms with van der Waals surface area (Å²) in [4.78, 5) is 8.97. The number of hydrogen-bond acceptors (Lipinski definition) is 4. The summed E-state index contributed by atoms with van der Waals surface area (Å²) in [6.45, 7) is 2.94. The largest absolute Gasteiger partial charge is 1.00 e. The van der Waals surface area contributed by atoms with Crippen molar-refractivity contribution in [3.63, 3.8) is 0 Å². The van der Waals surface area contributed by atoms with Gasteiger partial charge < -0.3 is 22.2 Å². The molecule has 0 saturated carbocycles. The van der Waals surface area contributed by atoms with E-state index in [4.69, 9.17) is 0 Å². The Morgan fingerprint density at radius 2 is 2.00 bits per heavy atom. The molecule has 0 amide bonds. The SMILES string of the molecule is CN(C)CCN(Cc1ccsc1)c1ccccn1.[Cl-]. The zero-order valence-corrected chi connectivity index (χ0v) is 12.9. The first-order chi connectivity index (χ1) is 8.75. The molecule has 0 aliphatic rings. The lowest BCUT2D eigenvalue weighted by Crippen LogP contribution is -3.00. The standard InChI is InChI=1S/C14H19N3S.ClH/c1-16(2)8-9-17(11-13-6-10-18-12-13)14-5-3-4-7-15-14;/h3-7,10,12H,8-9,11H2,1-2H3;1H/p-1. The molecule has 2 heterocycles. The molecule has 3 nitrogen and oxygen atoms in total. The molecule has 104 valence electrons. The molecule has 5 heteroatoms. The Hall–Kier alpha value is -1.10. The van der Waals surface area contributed by atoms with Crippen LogP contribution in [-0.4, -0.2) is 37.1 Å². The summed E-state index contributed by atoms with van der Waals surface area (Å²) >= 11 is 1.74. The molecule has 0 unspecified atom stereocenters. The van der Waals surface area contributed by atoms with Gasteiger partial charge in [0.15, 0.2) is 0 Å². The molecule has 0 aliphatic heterocycles. The highest BCUT2D eigenvalue weighted by Gasteiger charge is 2.08. The first-order valence-electron chi connectivity index (χ1n) is 6.07. The summed E-state index contributed by atoms with van der Waals surface area (Å²) in [6, 6.07) is 8.25. The summed E-state index contributed by atoms with van der Waals surface area (Å²) < 4.78 is 0. The van der Waals surface area contributed by atoms with E-state index in [1.54, 1.807) is 11.3 Å². The van der Waals surface area contributed by atoms with Crippen LogP contribution in [0.1, 0.15) is 5.56 Å². The maximum atomic E-state index is 4.45. The molecule has 0 fully saturated rings. The minimum atomic E-state index is 0. The lowest BCUT2D eigenvalue weighted by Gasteiger charge is -2.25. The summed E-state index contributed by atoms with van der Waals surface area (Å²) in [6.07, 6.45) is 1.85. The number of halogens is 1. The molecule has 0 atom stereocenters. The molecule has 0 bridgehead atoms. The van der Waals surface area contributed by atoms with E-state index < -0.39 is 0 Å². The van der Waals surface area contributed by atoms with Crippen LogP contribution in [0.4, 0.5) is 5.82 Å². The van der Waals surface area contributed by atoms with Crippen LogP contribution in [0.15, 0.2) is 41.2 Å². The number of rotatable bonds is 6. The second-order valence-electron chi connectivity index (χ2n) is 4.54. The zero-order valence-electron chi connectivity index (χ0n) is 11.3. The van der Waals surface area contributed by atoms with E-state index in [1.807, 2.05) is 18.3 Å². The first kappa shape index (κ1) is 16.0. The molecule has 2 aromatic heterocycles. The molecule has 0 radical (unpaired) electrons. The second kappa shape index (κ2) is 8.15. The zero-order chi connectivity index (χ0) is 12.8. The van der Waals surface area contributed by atoms with Crippen LogP contribution < -0.4 is 17.3 Å². The van der Waals surface area contributed by atoms with E-state index in [0.717, 1.165) is 25.5 Å². The molecule has 19 heavy (non-hydrogen) atoms. The Bertz CT molecular complexity index is 445. The van der Waals surface area contributed by atoms with Crippen molar-refractivity contribution in [2.45, 2.75) is 6.54 Å². The second-order valence-corrected chi connectivity index (χ2v) is 5.32. The van der Waals surface area contributed by atoms with E-state index in [-0.39, 0.29) is 12.4 Å². The van der Waals surface area contributed by atoms with Crippen molar-refractivity contribution in [1.82, 2.24) is 9.88 Å². The Morgan fingerprint density at radius 1 is 1.16 bits per heavy atom. The van der Waals surface area contributed by atoms with Crippen LogP contribution in [0.3, 0.4) is 0 Å². The van der Waals surface area contributed by atoms with Crippen LogP contribution in [0.25, 0.3) is 0 Å². The number of hydrogen-bond donors (Lipinski definition) is 0. The van der Waals surface area contributed by atoms with Gasteiger partial charge in [0, 0.05) is 25.8 Å². The van der Waals surface area contributed by atoms with Gasteiger partial charge in [0.1, 0.15) is 5.82 Å². The molecule has 0 aromatic carbocycles. The Labute approximate surface area is 125 Å². The van der Waals surface area contributed by atoms with E-state index in [0.29, 0.717) is 0 Å². The topological polar surface area (TPSA) is 19.4 Å². The molecule has 0 saturated heterocycles. The van der Waals surface area contributed by atoms with Gasteiger partial charge >= 0.3 is 0 Å². The van der Waals surface area contributed by atoms with Gasteiger partial charge in [-0.15, -0.1) is 0 Å². The molecular formula is C14H19ClN3S-. The van der Waals surface area contributed by atoms with Gasteiger partial charge in [-0.05, 0) is 48.6 Å². The molecule has 2 aromatic rings. The Morgan fingerprint density at radius 3 is 2.58 bits per heavy atom. The molecular weight excluding hydrogens is 278 g/mol. The molecule has 0 spiro atoms. The minimum absolute atomic E-state index is 0. The summed E-state index contributed by atoms with van der Waals surface area (Å²) in [5.41, 5.74) is 1.35. The number of pyridine rings is 1. The summed E-state index contributed by atoms with van der Waals surface area (Å²) in [5.74, 6) is 1.05. The third-order valence-corrected chi connectivity index (χ3v) is 3.48. The number of thiophene rings is 1. The van der Waals surface area contributed by atoms with E-state index in [9.17, 15) is 0 Å². The number of nitrogens with zero attached hydrogens (tertiary/aromatic N) is 3. The van der Waals surface area contributed by atoms with Gasteiger partial charge in [-0.3, -0.25) is 0 Å². The first-order valence-corrected chi connectivity index (χ1v) is 7.02. The van der Waals surface area contributed by atoms with Crippen LogP contribution >= 0.6 is 11.3 Å². The van der Waals surface area contributed by atoms with Gasteiger partial charge in [0.25, 0.3) is 0 Å². The maximum Gasteiger partial charge on any atom is 0.128 e. The van der Waals surface area contributed by atoms with Crippen LogP contribution in [0.2, 0.25) is 0 Å². The maximum absolute atomic E-state index is 4.45. The van der Waals surface area contributed by atoms with E-state index >= 15 is 0 Å². The van der Waals surface area contributed by atoms with Gasteiger partial charge in [-0.1, -0.05) is 6.07 Å². The van der Waals surface area contributed by atoms with Crippen molar-refractivity contribution in [3.8, 4) is 0 Å². The van der Waals surface area contributed by atoms with Crippen LogP contribution in [0, 0.1) is 0 Å². The highest BCUT2D eigenvalue weighted by molar-refractivity contribution is 7.07. The van der Waals surface area contributed by atoms with Gasteiger partial charge in [-0.2, -0.15) is 11.3 Å². The Kier molecular flexibility index (Phi) is 6.84. The normalized spacial score (nSPS) is 10.3. The van der Waals surface area contributed by atoms with Crippen LogP contribution in [-0.2, 0) is 6.54 Å². The van der Waals surface area contributed by atoms with Gasteiger partial charge in [0.2, 0.25) is 0 Å². The van der Waals surface area contributed by atoms with E-state index in [2.05, 4.69) is 51.8 Å². The average Bonchev–Trinajstić information content (AvgIpc) is 2.88. The quantitative estimate of drug-likeness (QED) is 0.731. The lowest BCUT2D eigenvalue weighted by atomic mass is 10.3. The predicted octanol–water partition coefficient (Wildman–Crippen LogP) is -0.285. The van der Waals surface area contributed by atoms with Crippen molar-refractivity contribution in [2.75, 3.05) is 32.1 Å². The fraction of sp³-hybridized carbons (Fsp3) is 0.357. The lowest BCUT2D eigenvalue weighted by molar-refractivity contribution is -0.00000378. The number of aromatic nitrogens is 1. The third kappa shape index (κ3) is 5.19. The highest BCUT2D eigenvalue weighted by atomic mass is 35.5. The van der Waals surface area contributed by atoms with Crippen molar-refractivity contribution in [1.29, 1.82) is 0 Å². The molecule has 2 rings (SSSR count). The summed E-state index contributed by atoms with van der Waals surface area (Å²) in [7, 11) is 4.20. The van der Waals surface area contributed by atoms with Crippen LogP contribution in [0.5, 0.6) is 0 Å². The van der Waals surface area contributed by atoms with Gasteiger partial charge in [0.05, 0.1) is 0 Å². The molecule has 0 N–H and O–H groups in total. The van der Waals surface area contributed by atoms with Crippen molar-refractivity contribution >= 4 is 17.2 Å². The van der Waals surface area contributed by atoms with E-state index in [1.165, 1.54) is 5.56 Å². The van der Waals surface area contributed by atoms with Crippen molar-refractivity contribution < 1.29 is 12.4 Å². The number of likely N-dealkylation sites (N-methyl/N-ethyl adjacent to an activating group) is 1.